The molecule has 0 aromatic rings. The Morgan fingerprint density at radius 1 is 1.50 bits per heavy atom. The van der Waals surface area contributed by atoms with Gasteiger partial charge in [-0.1, -0.05) is 20.8 Å². The minimum atomic E-state index is -0.0464. The lowest BCUT2D eigenvalue weighted by Crippen LogP contribution is -2.08. The highest BCUT2D eigenvalue weighted by molar-refractivity contribution is 5.82. The second-order valence-corrected chi connectivity index (χ2v) is 3.13. The number of rotatable bonds is 0. The maximum atomic E-state index is 7.00. The molecule has 0 unspecified atom stereocenters. The molecule has 1 N–H and O–H groups in total. The number of hydrogen-bond donors (Lipinski definition) is 1. The zero-order valence-corrected chi connectivity index (χ0v) is 6.93. The molecule has 0 radical (unpaired) electrons. The van der Waals surface area contributed by atoms with E-state index in [9.17, 15) is 0 Å². The zero-order valence-electron chi connectivity index (χ0n) is 6.93. The van der Waals surface area contributed by atoms with Crippen molar-refractivity contribution in [2.75, 3.05) is 7.11 Å². The molecule has 0 saturated heterocycles. The van der Waals surface area contributed by atoms with Crippen molar-refractivity contribution in [3.8, 4) is 0 Å². The Balaban J connectivity index is 3.88. The second-order valence-electron chi connectivity index (χ2n) is 3.13. The number of hydrogen-bond acceptors (Lipinski definition) is 2. The van der Waals surface area contributed by atoms with Crippen LogP contribution in [0.25, 0.3) is 0 Å². The molecule has 0 bridgehead atoms. The number of nitrogens with zero attached hydrogens (tertiary/aromatic N) is 1. The number of amidine groups is 1. The Morgan fingerprint density at radius 2 is 2.00 bits per heavy atom. The van der Waals surface area contributed by atoms with Crippen LogP contribution in [0.4, 0.5) is 0 Å². The highest BCUT2D eigenvalue weighted by Crippen LogP contribution is 2.07. The first-order valence-electron chi connectivity index (χ1n) is 3.13. The van der Waals surface area contributed by atoms with Crippen molar-refractivity contribution in [2.45, 2.75) is 20.8 Å². The molecule has 0 spiro atoms. The molecule has 0 aromatic carbocycles. The molecule has 3 heteroatoms. The van der Waals surface area contributed by atoms with E-state index >= 15 is 0 Å². The van der Waals surface area contributed by atoms with E-state index in [0.29, 0.717) is 0 Å². The van der Waals surface area contributed by atoms with Gasteiger partial charge >= 0.3 is 6.02 Å². The summed E-state index contributed by atoms with van der Waals surface area (Å²) < 4.78 is 4.53. The molecule has 0 aromatic heterocycles. The Bertz CT molecular complexity index is 144. The summed E-state index contributed by atoms with van der Waals surface area (Å²) in [5.41, 5.74) is 0.0187. The minimum Gasteiger partial charge on any atom is -0.467 e. The molecule has 10 heavy (non-hydrogen) atoms. The smallest absolute Gasteiger partial charge is 0.308 e. The zero-order chi connectivity index (χ0) is 8.20. The van der Waals surface area contributed by atoms with Crippen LogP contribution in [0.3, 0.4) is 0 Å². The van der Waals surface area contributed by atoms with Crippen LogP contribution in [0.2, 0.25) is 0 Å². The lowest BCUT2D eigenvalue weighted by molar-refractivity contribution is 0.393. The van der Waals surface area contributed by atoms with Gasteiger partial charge in [0.25, 0.3) is 0 Å². The number of aliphatic imine (C=N–C) groups is 1. The monoisotopic (exact) mass is 142 g/mol. The highest BCUT2D eigenvalue weighted by atomic mass is 16.5. The Labute approximate surface area is 61.6 Å². The van der Waals surface area contributed by atoms with E-state index in [0.717, 1.165) is 0 Å². The van der Waals surface area contributed by atoms with E-state index in [-0.39, 0.29) is 11.4 Å². The summed E-state index contributed by atoms with van der Waals surface area (Å²) in [6.07, 6.45) is 1.69. The van der Waals surface area contributed by atoms with Gasteiger partial charge in [0.1, 0.15) is 0 Å². The molecule has 0 saturated carbocycles. The summed E-state index contributed by atoms with van der Waals surface area (Å²) in [7, 11) is 1.43. The van der Waals surface area contributed by atoms with Crippen LogP contribution in [0.15, 0.2) is 4.99 Å². The van der Waals surface area contributed by atoms with Gasteiger partial charge in [0.2, 0.25) is 0 Å². The third-order valence-corrected chi connectivity index (χ3v) is 0.762. The molecule has 0 amide bonds. The van der Waals surface area contributed by atoms with Crippen LogP contribution in [-0.4, -0.2) is 19.3 Å². The van der Waals surface area contributed by atoms with Gasteiger partial charge in [0.15, 0.2) is 0 Å². The van der Waals surface area contributed by atoms with E-state index in [1.807, 2.05) is 20.8 Å². The van der Waals surface area contributed by atoms with E-state index in [1.54, 1.807) is 6.21 Å². The lowest BCUT2D eigenvalue weighted by atomic mass is 9.99. The van der Waals surface area contributed by atoms with Crippen molar-refractivity contribution in [2.24, 2.45) is 10.4 Å². The maximum absolute atomic E-state index is 7.00. The molecule has 0 rings (SSSR count). The van der Waals surface area contributed by atoms with E-state index in [1.165, 1.54) is 7.11 Å². The predicted octanol–water partition coefficient (Wildman–Crippen LogP) is 1.68. The summed E-state index contributed by atoms with van der Waals surface area (Å²) in [6.45, 7) is 6.04. The summed E-state index contributed by atoms with van der Waals surface area (Å²) in [5, 5.41) is 7.00. The standard InChI is InChI=1S/C7H14N2O/c1-7(2,3)5-9-6(8)10-4/h5,8H,1-4H3/b8-6?,9-5-. The van der Waals surface area contributed by atoms with Crippen LogP contribution in [0.1, 0.15) is 20.8 Å². The van der Waals surface area contributed by atoms with E-state index < -0.39 is 0 Å². The van der Waals surface area contributed by atoms with E-state index in [2.05, 4.69) is 9.73 Å². The van der Waals surface area contributed by atoms with Crippen LogP contribution < -0.4 is 0 Å². The molecule has 3 nitrogen and oxygen atoms in total. The summed E-state index contributed by atoms with van der Waals surface area (Å²) in [4.78, 5) is 3.75. The quantitative estimate of drug-likeness (QED) is 0.406. The first-order chi connectivity index (χ1) is 4.45. The molecular formula is C7H14N2O. The van der Waals surface area contributed by atoms with Gasteiger partial charge in [-0.3, -0.25) is 0 Å². The fourth-order valence-electron chi connectivity index (χ4n) is 0.305. The van der Waals surface area contributed by atoms with Crippen molar-refractivity contribution in [3.63, 3.8) is 0 Å². The maximum Gasteiger partial charge on any atom is 0.308 e. The number of methoxy groups -OCH3 is 1. The summed E-state index contributed by atoms with van der Waals surface area (Å²) in [6, 6.07) is -0.0464. The van der Waals surface area contributed by atoms with Gasteiger partial charge in [0, 0.05) is 6.21 Å². The van der Waals surface area contributed by atoms with Gasteiger partial charge in [-0.15, -0.1) is 0 Å². The second kappa shape index (κ2) is 3.34. The summed E-state index contributed by atoms with van der Waals surface area (Å²) in [5.74, 6) is 0. The molecule has 0 heterocycles. The highest BCUT2D eigenvalue weighted by Gasteiger charge is 2.05. The fourth-order valence-corrected chi connectivity index (χ4v) is 0.305. The first-order valence-corrected chi connectivity index (χ1v) is 3.13. The molecule has 0 fully saturated rings. The van der Waals surface area contributed by atoms with Crippen molar-refractivity contribution in [3.05, 3.63) is 0 Å². The van der Waals surface area contributed by atoms with E-state index in [4.69, 9.17) is 5.41 Å². The summed E-state index contributed by atoms with van der Waals surface area (Å²) >= 11 is 0. The van der Waals surface area contributed by atoms with Gasteiger partial charge in [0.05, 0.1) is 7.11 Å². The van der Waals surface area contributed by atoms with Crippen molar-refractivity contribution < 1.29 is 4.74 Å². The Kier molecular flexibility index (Phi) is 3.06. The number of nitrogens with one attached hydrogen (secondary N) is 1. The lowest BCUT2D eigenvalue weighted by Gasteiger charge is -2.09. The van der Waals surface area contributed by atoms with Gasteiger partial charge in [-0.25, -0.2) is 10.4 Å². The van der Waals surface area contributed by atoms with Gasteiger partial charge < -0.3 is 4.74 Å². The topological polar surface area (TPSA) is 45.4 Å². The Morgan fingerprint density at radius 3 is 2.30 bits per heavy atom. The first kappa shape index (κ1) is 9.14. The normalized spacial score (nSPS) is 12.0. The molecule has 0 aliphatic rings. The largest absolute Gasteiger partial charge is 0.467 e. The van der Waals surface area contributed by atoms with Crippen molar-refractivity contribution in [1.82, 2.24) is 0 Å². The Hall–Kier alpha value is -0.860. The molecule has 0 aliphatic carbocycles. The van der Waals surface area contributed by atoms with Crippen LogP contribution >= 0.6 is 0 Å². The molecule has 0 aliphatic heterocycles. The SMILES string of the molecule is COC(=N)/N=C\C(C)(C)C. The minimum absolute atomic E-state index is 0.0187. The van der Waals surface area contributed by atoms with Gasteiger partial charge in [-0.2, -0.15) is 0 Å². The van der Waals surface area contributed by atoms with Gasteiger partial charge in [-0.05, 0) is 5.41 Å². The third-order valence-electron chi connectivity index (χ3n) is 0.762. The molecule has 58 valence electrons. The van der Waals surface area contributed by atoms with Crippen LogP contribution in [0.5, 0.6) is 0 Å². The average molecular weight is 142 g/mol. The fraction of sp³-hybridized carbons (Fsp3) is 0.714. The number of ether oxygens (including phenoxy) is 1. The predicted molar refractivity (Wildman–Crippen MR) is 42.7 cm³/mol. The van der Waals surface area contributed by atoms with Crippen molar-refractivity contribution >= 4 is 12.2 Å². The van der Waals surface area contributed by atoms with Crippen LogP contribution in [0, 0.1) is 10.8 Å². The van der Waals surface area contributed by atoms with Crippen LogP contribution in [-0.2, 0) is 4.74 Å². The average Bonchev–Trinajstić information content (AvgIpc) is 1.81. The molecule has 0 atom stereocenters. The third kappa shape index (κ3) is 5.28. The molecular weight excluding hydrogens is 128 g/mol. The van der Waals surface area contributed by atoms with Crippen molar-refractivity contribution in [1.29, 1.82) is 5.41 Å².